The normalized spacial score (nSPS) is 13.1. The number of fused-ring (bicyclic) bond motifs is 1. The van der Waals surface area contributed by atoms with Crippen LogP contribution in [0.2, 0.25) is 4.34 Å². The summed E-state index contributed by atoms with van der Waals surface area (Å²) in [5, 5.41) is 3.52. The Labute approximate surface area is 160 Å². The van der Waals surface area contributed by atoms with Crippen molar-refractivity contribution in [2.45, 2.75) is 31.8 Å². The number of benzene rings is 1. The topological polar surface area (TPSA) is 37.8 Å². The second-order valence-corrected chi connectivity index (χ2v) is 8.72. The van der Waals surface area contributed by atoms with Crippen molar-refractivity contribution in [3.8, 4) is 10.7 Å². The van der Waals surface area contributed by atoms with Crippen molar-refractivity contribution in [1.29, 1.82) is 0 Å². The maximum Gasteiger partial charge on any atom is 0.171 e. The van der Waals surface area contributed by atoms with Crippen LogP contribution >= 0.6 is 34.7 Å². The van der Waals surface area contributed by atoms with Gasteiger partial charge in [0.15, 0.2) is 5.82 Å². The van der Waals surface area contributed by atoms with Gasteiger partial charge in [-0.3, -0.25) is 0 Å². The molecule has 128 valence electrons. The smallest absolute Gasteiger partial charge is 0.171 e. The van der Waals surface area contributed by atoms with E-state index in [-0.39, 0.29) is 0 Å². The summed E-state index contributed by atoms with van der Waals surface area (Å²) in [6.45, 7) is 4.18. The van der Waals surface area contributed by atoms with E-state index in [1.807, 2.05) is 30.8 Å². The fourth-order valence-electron chi connectivity index (χ4n) is 3.05. The Balaban J connectivity index is 1.73. The molecule has 1 aliphatic heterocycles. The molecule has 0 atom stereocenters. The lowest BCUT2D eigenvalue weighted by Gasteiger charge is -2.14. The zero-order valence-corrected chi connectivity index (χ0v) is 16.5. The minimum atomic E-state index is 0.728. The first-order valence-electron chi connectivity index (χ1n) is 8.24. The monoisotopic (exact) mass is 387 g/mol. The van der Waals surface area contributed by atoms with Gasteiger partial charge in [-0.25, -0.2) is 9.97 Å². The van der Waals surface area contributed by atoms with Gasteiger partial charge in [0, 0.05) is 28.5 Å². The van der Waals surface area contributed by atoms with Crippen LogP contribution in [0.4, 0.5) is 11.5 Å². The maximum atomic E-state index is 6.08. The maximum absolute atomic E-state index is 6.08. The van der Waals surface area contributed by atoms with Crippen LogP contribution < -0.4 is 5.32 Å². The molecule has 1 aliphatic rings. The van der Waals surface area contributed by atoms with E-state index in [1.165, 1.54) is 22.5 Å². The van der Waals surface area contributed by atoms with Crippen LogP contribution in [0.5, 0.6) is 0 Å². The number of nitrogens with one attached hydrogen (secondary N) is 1. The summed E-state index contributed by atoms with van der Waals surface area (Å²) in [4.78, 5) is 10.5. The zero-order valence-electron chi connectivity index (χ0n) is 14.1. The number of hydrogen-bond donors (Lipinski definition) is 1. The Morgan fingerprint density at radius 1 is 1.12 bits per heavy atom. The molecule has 0 amide bonds. The first-order valence-corrected chi connectivity index (χ1v) is 10.6. The van der Waals surface area contributed by atoms with Crippen LogP contribution in [0.25, 0.3) is 10.7 Å². The first-order chi connectivity index (χ1) is 12.1. The van der Waals surface area contributed by atoms with Crippen molar-refractivity contribution >= 4 is 46.2 Å². The van der Waals surface area contributed by atoms with E-state index in [9.17, 15) is 0 Å². The molecule has 0 saturated carbocycles. The highest BCUT2D eigenvalue weighted by atomic mass is 35.5. The van der Waals surface area contributed by atoms with Gasteiger partial charge in [0.25, 0.3) is 0 Å². The number of nitrogens with zero attached hydrogens (tertiary/aromatic N) is 2. The van der Waals surface area contributed by atoms with Crippen molar-refractivity contribution in [3.05, 3.63) is 57.1 Å². The van der Waals surface area contributed by atoms with E-state index in [2.05, 4.69) is 35.4 Å². The summed E-state index contributed by atoms with van der Waals surface area (Å²) < 4.78 is 0.751. The van der Waals surface area contributed by atoms with E-state index in [1.54, 1.807) is 0 Å². The predicted octanol–water partition coefficient (Wildman–Crippen LogP) is 6.22. The van der Waals surface area contributed by atoms with E-state index >= 15 is 0 Å². The molecular formula is C19H18ClN3S2. The largest absolute Gasteiger partial charge is 0.340 e. The van der Waals surface area contributed by atoms with Crippen molar-refractivity contribution in [2.24, 2.45) is 0 Å². The van der Waals surface area contributed by atoms with Gasteiger partial charge in [-0.2, -0.15) is 11.8 Å². The van der Waals surface area contributed by atoms with E-state index < -0.39 is 0 Å². The van der Waals surface area contributed by atoms with Crippen molar-refractivity contribution in [3.63, 3.8) is 0 Å². The summed E-state index contributed by atoms with van der Waals surface area (Å²) in [5.41, 5.74) is 6.12. The fourth-order valence-corrected chi connectivity index (χ4v) is 5.12. The van der Waals surface area contributed by atoms with Crippen LogP contribution in [-0.4, -0.2) is 9.97 Å². The number of aromatic nitrogens is 2. The second-order valence-electron chi connectivity index (χ2n) is 6.02. The van der Waals surface area contributed by atoms with Gasteiger partial charge >= 0.3 is 0 Å². The summed E-state index contributed by atoms with van der Waals surface area (Å²) in [7, 11) is 0. The van der Waals surface area contributed by atoms with Crippen LogP contribution in [0.3, 0.4) is 0 Å². The van der Waals surface area contributed by atoms with E-state index in [0.717, 1.165) is 55.7 Å². The number of thiophene rings is 1. The third kappa shape index (κ3) is 3.41. The number of hydrogen-bond acceptors (Lipinski definition) is 5. The molecule has 3 aromatic rings. The van der Waals surface area contributed by atoms with Crippen LogP contribution in [-0.2, 0) is 17.9 Å². The third-order valence-corrected chi connectivity index (χ3v) is 6.60. The van der Waals surface area contributed by atoms with Crippen LogP contribution in [0, 0.1) is 6.92 Å². The number of halogens is 1. The molecule has 3 nitrogen and oxygen atoms in total. The van der Waals surface area contributed by atoms with Crippen molar-refractivity contribution in [1.82, 2.24) is 9.97 Å². The van der Waals surface area contributed by atoms with Gasteiger partial charge in [0.1, 0.15) is 5.82 Å². The average molecular weight is 388 g/mol. The molecule has 0 aliphatic carbocycles. The van der Waals surface area contributed by atoms with Gasteiger partial charge in [0.2, 0.25) is 0 Å². The van der Waals surface area contributed by atoms with Gasteiger partial charge in [-0.1, -0.05) is 24.6 Å². The lowest BCUT2D eigenvalue weighted by molar-refractivity contribution is 1.01. The highest BCUT2D eigenvalue weighted by Crippen LogP contribution is 2.34. The van der Waals surface area contributed by atoms with E-state index in [0.29, 0.717) is 0 Å². The standard InChI is InChI=1S/C19H18ClN3S2/c1-3-15-11(2)21-19(16-6-7-17(20)25-16)23-18(15)22-14-5-4-12-9-24-10-13(12)8-14/h4-8H,3,9-10H2,1-2H3,(H,21,22,23). The zero-order chi connectivity index (χ0) is 17.4. The molecule has 3 heterocycles. The number of thioether (sulfide) groups is 1. The lowest BCUT2D eigenvalue weighted by Crippen LogP contribution is -2.05. The summed E-state index contributed by atoms with van der Waals surface area (Å²) in [6.07, 6.45) is 0.889. The molecule has 0 bridgehead atoms. The minimum absolute atomic E-state index is 0.728. The van der Waals surface area contributed by atoms with Crippen molar-refractivity contribution in [2.75, 3.05) is 5.32 Å². The fraction of sp³-hybridized carbons (Fsp3) is 0.263. The van der Waals surface area contributed by atoms with Gasteiger partial charge in [-0.15, -0.1) is 11.3 Å². The first kappa shape index (κ1) is 16.9. The Morgan fingerprint density at radius 2 is 1.96 bits per heavy atom. The predicted molar refractivity (Wildman–Crippen MR) is 109 cm³/mol. The van der Waals surface area contributed by atoms with Gasteiger partial charge < -0.3 is 5.32 Å². The SMILES string of the molecule is CCc1c(C)nc(-c2ccc(Cl)s2)nc1Nc1ccc2c(c1)CSC2. The Bertz CT molecular complexity index is 936. The van der Waals surface area contributed by atoms with Crippen LogP contribution in [0.1, 0.15) is 29.3 Å². The Morgan fingerprint density at radius 3 is 2.72 bits per heavy atom. The molecule has 4 rings (SSSR count). The number of rotatable bonds is 4. The summed E-state index contributed by atoms with van der Waals surface area (Å²) in [6, 6.07) is 10.5. The number of aryl methyl sites for hydroxylation is 1. The van der Waals surface area contributed by atoms with E-state index in [4.69, 9.17) is 16.6 Å². The highest BCUT2D eigenvalue weighted by molar-refractivity contribution is 7.98. The number of anilines is 2. The molecule has 0 radical (unpaired) electrons. The molecule has 1 N–H and O–H groups in total. The quantitative estimate of drug-likeness (QED) is 0.576. The Kier molecular flexibility index (Phi) is 4.71. The lowest BCUT2D eigenvalue weighted by atomic mass is 10.1. The molecule has 0 spiro atoms. The van der Waals surface area contributed by atoms with Crippen molar-refractivity contribution < 1.29 is 0 Å². The molecule has 0 saturated heterocycles. The molecule has 0 unspecified atom stereocenters. The molecular weight excluding hydrogens is 370 g/mol. The highest BCUT2D eigenvalue weighted by Gasteiger charge is 2.15. The van der Waals surface area contributed by atoms with Gasteiger partial charge in [-0.05, 0) is 48.7 Å². The average Bonchev–Trinajstić information content (AvgIpc) is 3.23. The summed E-state index contributed by atoms with van der Waals surface area (Å²) >= 11 is 9.55. The molecule has 6 heteroatoms. The van der Waals surface area contributed by atoms with Crippen LogP contribution in [0.15, 0.2) is 30.3 Å². The molecule has 1 aromatic carbocycles. The third-order valence-electron chi connectivity index (χ3n) is 4.35. The Hall–Kier alpha value is -1.56. The molecule has 25 heavy (non-hydrogen) atoms. The summed E-state index contributed by atoms with van der Waals surface area (Å²) in [5.74, 6) is 3.82. The molecule has 2 aromatic heterocycles. The second kappa shape index (κ2) is 6.98. The molecule has 0 fully saturated rings. The minimum Gasteiger partial charge on any atom is -0.340 e. The van der Waals surface area contributed by atoms with Gasteiger partial charge in [0.05, 0.1) is 9.21 Å².